The number of carbonyl (C=O) groups excluding carboxylic acids is 1. The maximum atomic E-state index is 13.2. The molecule has 4 rings (SSSR count). The van der Waals surface area contributed by atoms with Crippen molar-refractivity contribution in [2.75, 3.05) is 11.9 Å². The maximum absolute atomic E-state index is 13.2. The van der Waals surface area contributed by atoms with E-state index in [1.54, 1.807) is 36.8 Å². The van der Waals surface area contributed by atoms with Crippen molar-refractivity contribution in [2.24, 2.45) is 0 Å². The minimum absolute atomic E-state index is 0.130. The highest BCUT2D eigenvalue weighted by Crippen LogP contribution is 2.27. The van der Waals surface area contributed by atoms with E-state index in [1.165, 1.54) is 0 Å². The van der Waals surface area contributed by atoms with Crippen LogP contribution in [0.3, 0.4) is 0 Å². The third-order valence-corrected chi connectivity index (χ3v) is 8.22. The molecule has 0 fully saturated rings. The molecule has 0 unspecified atom stereocenters. The van der Waals surface area contributed by atoms with E-state index in [2.05, 4.69) is 21.7 Å². The molecule has 0 saturated heterocycles. The van der Waals surface area contributed by atoms with Crippen LogP contribution in [0.5, 0.6) is 0 Å². The van der Waals surface area contributed by atoms with Gasteiger partial charge < -0.3 is 20.1 Å². The first-order chi connectivity index (χ1) is 20.3. The number of para-hydroxylation sites is 1. The average Bonchev–Trinajstić information content (AvgIpc) is 3.41. The maximum Gasteiger partial charge on any atom is 0.226 e. The Morgan fingerprint density at radius 3 is 2.52 bits per heavy atom. The first kappa shape index (κ1) is 31.3. The van der Waals surface area contributed by atoms with Gasteiger partial charge in [0.25, 0.3) is 0 Å². The van der Waals surface area contributed by atoms with Gasteiger partial charge in [-0.3, -0.25) is 4.79 Å². The van der Waals surface area contributed by atoms with E-state index in [9.17, 15) is 4.79 Å². The van der Waals surface area contributed by atoms with E-state index in [0.29, 0.717) is 57.5 Å². The zero-order valence-corrected chi connectivity index (χ0v) is 25.9. The molecular formula is C31H29Cl3N6OS. The Bertz CT molecular complexity index is 1580. The molecule has 42 heavy (non-hydrogen) atoms. The Morgan fingerprint density at radius 1 is 1.07 bits per heavy atom. The number of nitrogens with one attached hydrogen (secondary N) is 2. The number of nitrogens with zero attached hydrogens (tertiary/aromatic N) is 4. The highest BCUT2D eigenvalue weighted by molar-refractivity contribution is 7.80. The minimum atomic E-state index is -0.212. The molecule has 0 radical (unpaired) electrons. The van der Waals surface area contributed by atoms with E-state index in [-0.39, 0.29) is 18.4 Å². The largest absolute Gasteiger partial charge is 0.351 e. The zero-order valence-electron chi connectivity index (χ0n) is 22.9. The van der Waals surface area contributed by atoms with Gasteiger partial charge in [-0.1, -0.05) is 78.1 Å². The number of imidazole rings is 1. The standard InChI is InChI=1S/C31H29Cl3N6OS/c1-2-24(37-29(41)14-25-16-36-20-40(25)17-22-12-10-21(15-35)11-13-22)19-39(18-23-6-5-8-27(33)30(23)34)31(42)38-28-9-4-3-7-26(28)32/h3-13,16,20,24H,2,14,17-19H2,1H3,(H,37,41)(H,38,42)/t24-/m0/s1. The van der Waals surface area contributed by atoms with Crippen LogP contribution in [0.15, 0.2) is 79.3 Å². The second-order valence-electron chi connectivity index (χ2n) is 9.67. The molecule has 1 amide bonds. The third-order valence-electron chi connectivity index (χ3n) is 6.67. The van der Waals surface area contributed by atoms with Gasteiger partial charge in [0, 0.05) is 37.6 Å². The first-order valence-electron chi connectivity index (χ1n) is 13.3. The van der Waals surface area contributed by atoms with Crippen LogP contribution in [0.1, 0.15) is 35.7 Å². The molecule has 0 spiro atoms. The van der Waals surface area contributed by atoms with Crippen LogP contribution in [0, 0.1) is 11.3 Å². The number of hydrogen-bond acceptors (Lipinski definition) is 4. The number of rotatable bonds is 11. The van der Waals surface area contributed by atoms with Crippen LogP contribution in [-0.4, -0.2) is 38.1 Å². The molecule has 216 valence electrons. The highest BCUT2D eigenvalue weighted by atomic mass is 35.5. The number of hydrogen-bond donors (Lipinski definition) is 2. The van der Waals surface area contributed by atoms with Crippen molar-refractivity contribution >= 4 is 63.7 Å². The fourth-order valence-corrected chi connectivity index (χ4v) is 5.17. The molecule has 0 aliphatic rings. The SMILES string of the molecule is CC[C@@H](CN(Cc1cccc(Cl)c1Cl)C(=S)Nc1ccccc1Cl)NC(=O)Cc1cncn1Cc1ccc(C#N)cc1. The van der Waals surface area contributed by atoms with Crippen molar-refractivity contribution < 1.29 is 4.79 Å². The summed E-state index contributed by atoms with van der Waals surface area (Å²) in [6, 6.07) is 22.1. The van der Waals surface area contributed by atoms with Crippen molar-refractivity contribution in [3.05, 3.63) is 117 Å². The number of nitriles is 1. The predicted octanol–water partition coefficient (Wildman–Crippen LogP) is 7.10. The lowest BCUT2D eigenvalue weighted by molar-refractivity contribution is -0.121. The number of halogens is 3. The zero-order chi connectivity index (χ0) is 30.1. The molecular weight excluding hydrogens is 611 g/mol. The van der Waals surface area contributed by atoms with Gasteiger partial charge in [-0.2, -0.15) is 5.26 Å². The van der Waals surface area contributed by atoms with Crippen LogP contribution >= 0.6 is 47.0 Å². The number of amides is 1. The van der Waals surface area contributed by atoms with Gasteiger partial charge in [0.05, 0.1) is 45.1 Å². The Labute approximate surface area is 266 Å². The van der Waals surface area contributed by atoms with Crippen LogP contribution in [0.25, 0.3) is 0 Å². The third kappa shape index (κ3) is 8.46. The molecule has 3 aromatic carbocycles. The van der Waals surface area contributed by atoms with Gasteiger partial charge >= 0.3 is 0 Å². The fraction of sp³-hybridized carbons (Fsp3) is 0.226. The summed E-state index contributed by atoms with van der Waals surface area (Å²) in [5, 5.41) is 17.3. The number of thiocarbonyl (C=S) groups is 1. The van der Waals surface area contributed by atoms with Crippen molar-refractivity contribution in [1.82, 2.24) is 19.8 Å². The Morgan fingerprint density at radius 2 is 1.81 bits per heavy atom. The van der Waals surface area contributed by atoms with Crippen LogP contribution < -0.4 is 10.6 Å². The molecule has 0 saturated carbocycles. The number of carbonyl (C=O) groups is 1. The summed E-state index contributed by atoms with van der Waals surface area (Å²) in [4.78, 5) is 19.4. The minimum Gasteiger partial charge on any atom is -0.351 e. The molecule has 0 aliphatic heterocycles. The van der Waals surface area contributed by atoms with E-state index in [1.807, 2.05) is 58.9 Å². The van der Waals surface area contributed by atoms with E-state index < -0.39 is 0 Å². The summed E-state index contributed by atoms with van der Waals surface area (Å²) < 4.78 is 1.93. The van der Waals surface area contributed by atoms with Gasteiger partial charge in [-0.05, 0) is 60.1 Å². The summed E-state index contributed by atoms with van der Waals surface area (Å²) in [6.07, 6.45) is 4.23. The molecule has 7 nitrogen and oxygen atoms in total. The molecule has 0 bridgehead atoms. The smallest absolute Gasteiger partial charge is 0.226 e. The summed E-state index contributed by atoms with van der Waals surface area (Å²) in [5.74, 6) is -0.130. The van der Waals surface area contributed by atoms with Crippen LogP contribution in [-0.2, 0) is 24.3 Å². The normalized spacial score (nSPS) is 11.4. The molecule has 1 atom stereocenters. The molecule has 1 aromatic heterocycles. The van der Waals surface area contributed by atoms with Gasteiger partial charge in [0.1, 0.15) is 0 Å². The summed E-state index contributed by atoms with van der Waals surface area (Å²) in [6.45, 7) is 3.35. The Balaban J connectivity index is 1.46. The second kappa shape index (κ2) is 15.0. The molecule has 0 aliphatic carbocycles. The van der Waals surface area contributed by atoms with Gasteiger partial charge in [0.2, 0.25) is 5.91 Å². The lowest BCUT2D eigenvalue weighted by Crippen LogP contribution is -2.47. The highest BCUT2D eigenvalue weighted by Gasteiger charge is 2.21. The van der Waals surface area contributed by atoms with E-state index in [0.717, 1.165) is 16.8 Å². The van der Waals surface area contributed by atoms with Crippen molar-refractivity contribution in [2.45, 2.75) is 38.9 Å². The molecule has 1 heterocycles. The molecule has 2 N–H and O–H groups in total. The first-order valence-corrected chi connectivity index (χ1v) is 14.8. The average molecular weight is 640 g/mol. The van der Waals surface area contributed by atoms with Crippen molar-refractivity contribution in [3.63, 3.8) is 0 Å². The number of anilines is 1. The summed E-state index contributed by atoms with van der Waals surface area (Å²) >= 11 is 25.0. The van der Waals surface area contributed by atoms with Gasteiger partial charge in [-0.25, -0.2) is 4.98 Å². The Hall–Kier alpha value is -3.61. The van der Waals surface area contributed by atoms with Crippen molar-refractivity contribution in [1.29, 1.82) is 5.26 Å². The topological polar surface area (TPSA) is 86.0 Å². The van der Waals surface area contributed by atoms with Crippen LogP contribution in [0.4, 0.5) is 5.69 Å². The van der Waals surface area contributed by atoms with Crippen molar-refractivity contribution in [3.8, 4) is 6.07 Å². The number of benzene rings is 3. The lowest BCUT2D eigenvalue weighted by atomic mass is 10.1. The summed E-state index contributed by atoms with van der Waals surface area (Å²) in [7, 11) is 0. The van der Waals surface area contributed by atoms with Gasteiger partial charge in [-0.15, -0.1) is 0 Å². The predicted molar refractivity (Wildman–Crippen MR) is 173 cm³/mol. The second-order valence-corrected chi connectivity index (χ2v) is 11.3. The van der Waals surface area contributed by atoms with E-state index in [4.69, 9.17) is 52.3 Å². The molecule has 4 aromatic rings. The monoisotopic (exact) mass is 638 g/mol. The number of aromatic nitrogens is 2. The fourth-order valence-electron chi connectivity index (χ4n) is 4.36. The quantitative estimate of drug-likeness (QED) is 0.170. The molecule has 11 heteroatoms. The van der Waals surface area contributed by atoms with Gasteiger partial charge in [0.15, 0.2) is 5.11 Å². The summed E-state index contributed by atoms with van der Waals surface area (Å²) in [5.41, 5.74) is 3.88. The van der Waals surface area contributed by atoms with E-state index >= 15 is 0 Å². The lowest BCUT2D eigenvalue weighted by Gasteiger charge is -2.31. The Kier molecular flexibility index (Phi) is 11.2. The van der Waals surface area contributed by atoms with Crippen LogP contribution in [0.2, 0.25) is 15.1 Å².